The van der Waals surface area contributed by atoms with Crippen molar-refractivity contribution in [3.8, 4) is 5.75 Å². The zero-order valence-corrected chi connectivity index (χ0v) is 19.1. The van der Waals surface area contributed by atoms with Gasteiger partial charge in [-0.2, -0.15) is 0 Å². The lowest BCUT2D eigenvalue weighted by atomic mass is 10.2. The highest BCUT2D eigenvalue weighted by molar-refractivity contribution is 7.92. The summed E-state index contributed by atoms with van der Waals surface area (Å²) in [5.74, 6) is -0.0476. The highest BCUT2D eigenvalue weighted by Crippen LogP contribution is 2.28. The lowest BCUT2D eigenvalue weighted by Crippen LogP contribution is -2.30. The van der Waals surface area contributed by atoms with E-state index in [4.69, 9.17) is 27.9 Å². The summed E-state index contributed by atoms with van der Waals surface area (Å²) in [6, 6.07) is 17.6. The Morgan fingerprint density at radius 1 is 0.935 bits per heavy atom. The van der Waals surface area contributed by atoms with Crippen LogP contribution in [-0.4, -0.2) is 20.4 Å². The van der Waals surface area contributed by atoms with Crippen molar-refractivity contribution >= 4 is 50.5 Å². The molecular weight excluding hydrogens is 459 g/mol. The van der Waals surface area contributed by atoms with Crippen molar-refractivity contribution in [1.29, 1.82) is 0 Å². The van der Waals surface area contributed by atoms with Crippen LogP contribution in [0.4, 0.5) is 11.4 Å². The molecule has 0 heterocycles. The highest BCUT2D eigenvalue weighted by Gasteiger charge is 2.17. The van der Waals surface area contributed by atoms with Crippen LogP contribution in [0.15, 0.2) is 71.6 Å². The first kappa shape index (κ1) is 22.9. The van der Waals surface area contributed by atoms with Gasteiger partial charge in [0.1, 0.15) is 5.75 Å². The molecule has 162 valence electrons. The standard InChI is InChI=1S/C22H20Cl2N2O4S/c1-14-3-10-19(11-4-14)31(28,29)26-18-8-6-17(7-9-18)25-22(27)15(2)30-21-12-5-16(23)13-20(21)24/h3-13,15,26H,1-2H3,(H,25,27). The van der Waals surface area contributed by atoms with Gasteiger partial charge in [0.15, 0.2) is 6.10 Å². The van der Waals surface area contributed by atoms with Gasteiger partial charge >= 0.3 is 0 Å². The second kappa shape index (κ2) is 9.60. The van der Waals surface area contributed by atoms with Crippen molar-refractivity contribution in [3.05, 3.63) is 82.3 Å². The van der Waals surface area contributed by atoms with Gasteiger partial charge in [-0.05, 0) is 68.4 Å². The van der Waals surface area contributed by atoms with E-state index in [0.29, 0.717) is 27.2 Å². The Bertz CT molecular complexity index is 1180. The molecule has 6 nitrogen and oxygen atoms in total. The number of benzene rings is 3. The fourth-order valence-electron chi connectivity index (χ4n) is 2.61. The normalized spacial score (nSPS) is 12.1. The number of hydrogen-bond donors (Lipinski definition) is 2. The van der Waals surface area contributed by atoms with Crippen molar-refractivity contribution in [2.24, 2.45) is 0 Å². The van der Waals surface area contributed by atoms with Crippen LogP contribution >= 0.6 is 23.2 Å². The van der Waals surface area contributed by atoms with Crippen molar-refractivity contribution < 1.29 is 17.9 Å². The third-order valence-electron chi connectivity index (χ3n) is 4.30. The van der Waals surface area contributed by atoms with Crippen LogP contribution in [-0.2, 0) is 14.8 Å². The van der Waals surface area contributed by atoms with E-state index in [-0.39, 0.29) is 10.8 Å². The molecular formula is C22H20Cl2N2O4S. The van der Waals surface area contributed by atoms with Gasteiger partial charge in [0.25, 0.3) is 15.9 Å². The van der Waals surface area contributed by atoms with Crippen LogP contribution < -0.4 is 14.8 Å². The molecule has 0 saturated carbocycles. The molecule has 1 atom stereocenters. The Hall–Kier alpha value is -2.74. The summed E-state index contributed by atoms with van der Waals surface area (Å²) < 4.78 is 33.0. The van der Waals surface area contributed by atoms with E-state index in [1.165, 1.54) is 6.07 Å². The van der Waals surface area contributed by atoms with Gasteiger partial charge in [0.05, 0.1) is 9.92 Å². The number of carbonyl (C=O) groups excluding carboxylic acids is 1. The molecule has 0 aromatic heterocycles. The molecule has 0 saturated heterocycles. The molecule has 3 aromatic rings. The van der Waals surface area contributed by atoms with Gasteiger partial charge in [-0.15, -0.1) is 0 Å². The molecule has 31 heavy (non-hydrogen) atoms. The third-order valence-corrected chi connectivity index (χ3v) is 6.23. The number of halogens is 2. The molecule has 0 spiro atoms. The van der Waals surface area contributed by atoms with Crippen molar-refractivity contribution in [2.45, 2.75) is 24.8 Å². The molecule has 2 N–H and O–H groups in total. The largest absolute Gasteiger partial charge is 0.479 e. The van der Waals surface area contributed by atoms with Crippen LogP contribution in [0, 0.1) is 6.92 Å². The summed E-state index contributed by atoms with van der Waals surface area (Å²) in [6.45, 7) is 3.47. The van der Waals surface area contributed by atoms with E-state index in [0.717, 1.165) is 5.56 Å². The minimum atomic E-state index is -3.70. The molecule has 0 fully saturated rings. The summed E-state index contributed by atoms with van der Waals surface area (Å²) in [5, 5.41) is 3.48. The van der Waals surface area contributed by atoms with E-state index in [9.17, 15) is 13.2 Å². The molecule has 9 heteroatoms. The van der Waals surface area contributed by atoms with Crippen LogP contribution in [0.25, 0.3) is 0 Å². The Labute approximate surface area is 191 Å². The number of ether oxygens (including phenoxy) is 1. The second-order valence-electron chi connectivity index (χ2n) is 6.82. The smallest absolute Gasteiger partial charge is 0.265 e. The van der Waals surface area contributed by atoms with E-state index in [1.807, 2.05) is 6.92 Å². The van der Waals surface area contributed by atoms with Gasteiger partial charge < -0.3 is 10.1 Å². The first-order valence-electron chi connectivity index (χ1n) is 9.26. The summed E-state index contributed by atoms with van der Waals surface area (Å²) in [7, 11) is -3.70. The quantitative estimate of drug-likeness (QED) is 0.468. The maximum atomic E-state index is 12.5. The number of sulfonamides is 1. The molecule has 3 rings (SSSR count). The number of hydrogen-bond acceptors (Lipinski definition) is 4. The molecule has 0 aliphatic heterocycles. The number of rotatable bonds is 7. The predicted octanol–water partition coefficient (Wildman–Crippen LogP) is 5.51. The predicted molar refractivity (Wildman–Crippen MR) is 124 cm³/mol. The average molecular weight is 479 g/mol. The molecule has 1 unspecified atom stereocenters. The number of amides is 1. The second-order valence-corrected chi connectivity index (χ2v) is 9.35. The zero-order valence-electron chi connectivity index (χ0n) is 16.7. The first-order valence-corrected chi connectivity index (χ1v) is 11.5. The van der Waals surface area contributed by atoms with Gasteiger partial charge in [0.2, 0.25) is 0 Å². The lowest BCUT2D eigenvalue weighted by Gasteiger charge is -2.16. The van der Waals surface area contributed by atoms with Crippen LogP contribution in [0.2, 0.25) is 10.0 Å². The monoisotopic (exact) mass is 478 g/mol. The lowest BCUT2D eigenvalue weighted by molar-refractivity contribution is -0.122. The van der Waals surface area contributed by atoms with E-state index in [2.05, 4.69) is 10.0 Å². The number of anilines is 2. The fourth-order valence-corrected chi connectivity index (χ4v) is 4.12. The number of nitrogens with one attached hydrogen (secondary N) is 2. The maximum absolute atomic E-state index is 12.5. The Kier molecular flexibility index (Phi) is 7.10. The van der Waals surface area contributed by atoms with Gasteiger partial charge in [0, 0.05) is 16.4 Å². The van der Waals surface area contributed by atoms with E-state index < -0.39 is 16.1 Å². The minimum Gasteiger partial charge on any atom is -0.479 e. The highest BCUT2D eigenvalue weighted by atomic mass is 35.5. The van der Waals surface area contributed by atoms with E-state index >= 15 is 0 Å². The third kappa shape index (κ3) is 6.13. The van der Waals surface area contributed by atoms with Crippen LogP contribution in [0.1, 0.15) is 12.5 Å². The SMILES string of the molecule is Cc1ccc(S(=O)(=O)Nc2ccc(NC(=O)C(C)Oc3ccc(Cl)cc3Cl)cc2)cc1. The summed E-state index contributed by atoms with van der Waals surface area (Å²) in [4.78, 5) is 12.6. The van der Waals surface area contributed by atoms with Crippen LogP contribution in [0.5, 0.6) is 5.75 Å². The summed E-state index contributed by atoms with van der Waals surface area (Å²) in [6.07, 6.45) is -0.821. The van der Waals surface area contributed by atoms with Crippen molar-refractivity contribution in [1.82, 2.24) is 0 Å². The molecule has 1 amide bonds. The molecule has 3 aromatic carbocycles. The van der Waals surface area contributed by atoms with Crippen molar-refractivity contribution in [3.63, 3.8) is 0 Å². The molecule has 0 aliphatic rings. The Morgan fingerprint density at radius 2 is 1.55 bits per heavy atom. The number of carbonyl (C=O) groups is 1. The summed E-state index contributed by atoms with van der Waals surface area (Å²) >= 11 is 11.9. The molecule has 0 radical (unpaired) electrons. The first-order chi connectivity index (χ1) is 14.6. The Morgan fingerprint density at radius 3 is 2.16 bits per heavy atom. The Balaban J connectivity index is 1.62. The minimum absolute atomic E-state index is 0.169. The molecule has 0 bridgehead atoms. The van der Waals surface area contributed by atoms with Crippen LogP contribution in [0.3, 0.4) is 0 Å². The van der Waals surface area contributed by atoms with Gasteiger partial charge in [-0.3, -0.25) is 9.52 Å². The zero-order chi connectivity index (χ0) is 22.6. The van der Waals surface area contributed by atoms with Crippen molar-refractivity contribution in [2.75, 3.05) is 10.0 Å². The van der Waals surface area contributed by atoms with Gasteiger partial charge in [-0.1, -0.05) is 40.9 Å². The molecule has 0 aliphatic carbocycles. The maximum Gasteiger partial charge on any atom is 0.265 e. The average Bonchev–Trinajstić information content (AvgIpc) is 2.71. The van der Waals surface area contributed by atoms with E-state index in [1.54, 1.807) is 67.6 Å². The number of aryl methyl sites for hydroxylation is 1. The fraction of sp³-hybridized carbons (Fsp3) is 0.136. The topological polar surface area (TPSA) is 84.5 Å². The summed E-state index contributed by atoms with van der Waals surface area (Å²) in [5.41, 5.74) is 1.83. The van der Waals surface area contributed by atoms with Gasteiger partial charge in [-0.25, -0.2) is 8.42 Å².